The molecule has 40 heavy (non-hydrogen) atoms. The Morgan fingerprint density at radius 3 is 2.55 bits per heavy atom. The van der Waals surface area contributed by atoms with Crippen LogP contribution in [0.5, 0.6) is 0 Å². The quantitative estimate of drug-likeness (QED) is 0.445. The maximum Gasteiger partial charge on any atom is 0.229 e. The van der Waals surface area contributed by atoms with Gasteiger partial charge < -0.3 is 25.2 Å². The van der Waals surface area contributed by atoms with Gasteiger partial charge in [-0.3, -0.25) is 14.4 Å². The second kappa shape index (κ2) is 10.3. The van der Waals surface area contributed by atoms with E-state index in [9.17, 15) is 14.4 Å². The smallest absolute Gasteiger partial charge is 0.229 e. The number of ketones is 1. The van der Waals surface area contributed by atoms with Crippen molar-refractivity contribution in [1.29, 1.82) is 0 Å². The number of rotatable bonds is 5. The number of fused-ring (bicyclic) bond motifs is 7. The van der Waals surface area contributed by atoms with Crippen LogP contribution in [0.25, 0.3) is 0 Å². The van der Waals surface area contributed by atoms with Gasteiger partial charge in [0.15, 0.2) is 5.79 Å². The molecule has 3 N–H and O–H groups in total. The second-order valence-corrected chi connectivity index (χ2v) is 14.8. The molecule has 0 radical (unpaired) electrons. The third-order valence-corrected chi connectivity index (χ3v) is 12.9. The molecule has 12 atom stereocenters. The zero-order valence-corrected chi connectivity index (χ0v) is 24.9. The molecule has 0 unspecified atom stereocenters. The highest BCUT2D eigenvalue weighted by Gasteiger charge is 2.71. The van der Waals surface area contributed by atoms with E-state index in [1.54, 1.807) is 0 Å². The van der Waals surface area contributed by atoms with E-state index in [2.05, 4.69) is 38.3 Å². The number of hydrogen-bond acceptors (Lipinski definition) is 6. The molecule has 1 spiro atoms. The molecule has 2 aliphatic heterocycles. The Hall–Kier alpha value is -1.51. The van der Waals surface area contributed by atoms with Gasteiger partial charge >= 0.3 is 0 Å². The van der Waals surface area contributed by atoms with Crippen LogP contribution in [0.1, 0.15) is 91.9 Å². The van der Waals surface area contributed by atoms with Crippen LogP contribution in [0.4, 0.5) is 0 Å². The molecule has 4 saturated carbocycles. The molecule has 8 heteroatoms. The summed E-state index contributed by atoms with van der Waals surface area (Å²) in [6.07, 6.45) is 8.74. The maximum absolute atomic E-state index is 14.3. The number of carbonyl (C=O) groups is 3. The van der Waals surface area contributed by atoms with Gasteiger partial charge in [0.05, 0.1) is 19.3 Å². The summed E-state index contributed by atoms with van der Waals surface area (Å²) in [6.45, 7) is 10.0. The van der Waals surface area contributed by atoms with Crippen molar-refractivity contribution in [2.45, 2.75) is 110 Å². The molecular weight excluding hydrogens is 508 g/mol. The molecule has 0 aromatic rings. The largest absolute Gasteiger partial charge is 0.395 e. The van der Waals surface area contributed by atoms with E-state index in [0.29, 0.717) is 41.8 Å². The van der Waals surface area contributed by atoms with Crippen LogP contribution in [0.2, 0.25) is 0 Å². The summed E-state index contributed by atoms with van der Waals surface area (Å²) < 4.78 is 13.3. The maximum atomic E-state index is 14.3. The van der Waals surface area contributed by atoms with E-state index in [-0.39, 0.29) is 66.2 Å². The van der Waals surface area contributed by atoms with E-state index in [1.807, 2.05) is 0 Å². The van der Waals surface area contributed by atoms with Crippen LogP contribution in [0.3, 0.4) is 0 Å². The Bertz CT molecular complexity index is 1020. The Kier molecular flexibility index (Phi) is 7.39. The van der Waals surface area contributed by atoms with Crippen LogP contribution in [-0.2, 0) is 23.9 Å². The SMILES string of the molecule is C[C@@H]1CC[C@@]2(OC1)O[C@H]1C[C@H]3[C@@H]4CC[C@H]5C[C@@H](NC(=O)CC(=O)NCCO)CC[C@]5(C)[C@H]4CC(=O)[C@]3(C)[C@H]1[C@@H]2C. The number of carbonyl (C=O) groups excluding carboxylic acids is 3. The first-order valence-corrected chi connectivity index (χ1v) is 16.0. The van der Waals surface area contributed by atoms with E-state index >= 15 is 0 Å². The number of amides is 2. The van der Waals surface area contributed by atoms with E-state index in [1.165, 1.54) is 0 Å². The number of aliphatic hydroxyl groups is 1. The van der Waals surface area contributed by atoms with E-state index in [4.69, 9.17) is 14.6 Å². The number of aliphatic hydroxyl groups excluding tert-OH is 1. The van der Waals surface area contributed by atoms with Gasteiger partial charge in [-0.25, -0.2) is 0 Å². The van der Waals surface area contributed by atoms with Crippen molar-refractivity contribution in [2.75, 3.05) is 19.8 Å². The molecule has 4 aliphatic carbocycles. The Balaban J connectivity index is 1.13. The lowest BCUT2D eigenvalue weighted by molar-refractivity contribution is -0.272. The topological polar surface area (TPSA) is 114 Å². The zero-order valence-electron chi connectivity index (χ0n) is 24.9. The molecule has 6 aliphatic rings. The van der Waals surface area contributed by atoms with Crippen molar-refractivity contribution in [2.24, 2.45) is 52.3 Å². The van der Waals surface area contributed by atoms with Crippen molar-refractivity contribution in [3.63, 3.8) is 0 Å². The second-order valence-electron chi connectivity index (χ2n) is 14.8. The minimum Gasteiger partial charge on any atom is -0.395 e. The molecule has 2 saturated heterocycles. The van der Waals surface area contributed by atoms with Crippen LogP contribution < -0.4 is 10.6 Å². The summed E-state index contributed by atoms with van der Waals surface area (Å²) in [5.74, 6) is 2.19. The highest BCUT2D eigenvalue weighted by Crippen LogP contribution is 2.70. The molecule has 0 aromatic carbocycles. The Morgan fingerprint density at radius 2 is 1.82 bits per heavy atom. The van der Waals surface area contributed by atoms with E-state index < -0.39 is 5.79 Å². The zero-order chi connectivity index (χ0) is 28.4. The summed E-state index contributed by atoms with van der Waals surface area (Å²) in [6, 6.07) is 0.0758. The third-order valence-electron chi connectivity index (χ3n) is 12.9. The molecular formula is C32H50N2O6. The minimum atomic E-state index is -0.501. The molecule has 224 valence electrons. The first kappa shape index (κ1) is 28.6. The van der Waals surface area contributed by atoms with Crippen LogP contribution in [0, 0.1) is 52.3 Å². The fourth-order valence-corrected chi connectivity index (χ4v) is 10.8. The summed E-state index contributed by atoms with van der Waals surface area (Å²) in [7, 11) is 0. The Morgan fingerprint density at radius 1 is 1.02 bits per heavy atom. The van der Waals surface area contributed by atoms with Crippen LogP contribution in [-0.4, -0.2) is 60.4 Å². The lowest BCUT2D eigenvalue weighted by atomic mass is 9.44. The van der Waals surface area contributed by atoms with Gasteiger partial charge in [-0.1, -0.05) is 27.7 Å². The van der Waals surface area contributed by atoms with Gasteiger partial charge in [0.1, 0.15) is 12.2 Å². The summed E-state index contributed by atoms with van der Waals surface area (Å²) in [4.78, 5) is 38.7. The summed E-state index contributed by atoms with van der Waals surface area (Å²) in [5, 5.41) is 14.5. The average Bonchev–Trinajstić information content (AvgIpc) is 3.36. The summed E-state index contributed by atoms with van der Waals surface area (Å²) in [5.41, 5.74) is -0.222. The van der Waals surface area contributed by atoms with Crippen LogP contribution in [0.15, 0.2) is 0 Å². The predicted octanol–water partition coefficient (Wildman–Crippen LogP) is 3.60. The Labute approximate surface area is 239 Å². The number of Topliss-reactive ketones (excluding diaryl/α,β-unsaturated/α-hetero) is 1. The summed E-state index contributed by atoms with van der Waals surface area (Å²) >= 11 is 0. The highest BCUT2D eigenvalue weighted by molar-refractivity contribution is 5.97. The molecule has 0 aromatic heterocycles. The standard InChI is InChI=1S/C32H50N2O6/c1-18-7-10-32(39-17-18)19(2)29-25(40-32)14-24-22-6-5-20-13-21(34-28(38)16-27(37)33-11-12-35)8-9-30(20,3)23(22)15-26(36)31(24,29)4/h18-25,29,35H,5-17H2,1-4H3,(H,33,37)(H,34,38)/t18-,19+,20+,21+,22-,23+,24+,25+,29+,30+,31-,32-/m1/s1. The number of ether oxygens (including phenoxy) is 2. The molecule has 6 fully saturated rings. The fourth-order valence-electron chi connectivity index (χ4n) is 10.8. The van der Waals surface area contributed by atoms with Gasteiger partial charge in [-0.05, 0) is 80.0 Å². The van der Waals surface area contributed by atoms with Gasteiger partial charge in [0.25, 0.3) is 0 Å². The van der Waals surface area contributed by atoms with Gasteiger partial charge in [0, 0.05) is 42.7 Å². The third kappa shape index (κ3) is 4.38. The number of hydrogen-bond donors (Lipinski definition) is 3. The lowest BCUT2D eigenvalue weighted by Gasteiger charge is -2.60. The van der Waals surface area contributed by atoms with Gasteiger partial charge in [-0.15, -0.1) is 0 Å². The first-order valence-electron chi connectivity index (χ1n) is 16.0. The first-order chi connectivity index (χ1) is 19.0. The van der Waals surface area contributed by atoms with Crippen molar-refractivity contribution in [3.05, 3.63) is 0 Å². The minimum absolute atomic E-state index is 0.0758. The lowest BCUT2D eigenvalue weighted by Crippen LogP contribution is -2.59. The average molecular weight is 559 g/mol. The molecule has 2 amide bonds. The van der Waals surface area contributed by atoms with Crippen molar-refractivity contribution < 1.29 is 29.0 Å². The highest BCUT2D eigenvalue weighted by atomic mass is 16.7. The van der Waals surface area contributed by atoms with Crippen molar-refractivity contribution in [3.8, 4) is 0 Å². The molecule has 8 nitrogen and oxygen atoms in total. The monoisotopic (exact) mass is 558 g/mol. The molecule has 2 heterocycles. The molecule has 0 bridgehead atoms. The number of nitrogens with one attached hydrogen (secondary N) is 2. The molecule has 6 rings (SSSR count). The van der Waals surface area contributed by atoms with Gasteiger partial charge in [-0.2, -0.15) is 0 Å². The normalized spacial score (nSPS) is 49.5. The fraction of sp³-hybridized carbons (Fsp3) is 0.906. The predicted molar refractivity (Wildman–Crippen MR) is 149 cm³/mol. The van der Waals surface area contributed by atoms with Crippen molar-refractivity contribution >= 4 is 17.6 Å². The van der Waals surface area contributed by atoms with Crippen molar-refractivity contribution in [1.82, 2.24) is 10.6 Å². The van der Waals surface area contributed by atoms with Gasteiger partial charge in [0.2, 0.25) is 11.8 Å². The van der Waals surface area contributed by atoms with E-state index in [0.717, 1.165) is 58.0 Å². The van der Waals surface area contributed by atoms with Crippen LogP contribution >= 0.6 is 0 Å².